The molecule has 0 aromatic rings. The maximum Gasteiger partial charge on any atom is 0.220 e. The summed E-state index contributed by atoms with van der Waals surface area (Å²) < 4.78 is 0. The van der Waals surface area contributed by atoms with Gasteiger partial charge in [-0.15, -0.1) is 0 Å². The summed E-state index contributed by atoms with van der Waals surface area (Å²) >= 11 is 0. The molecule has 0 aliphatic heterocycles. The van der Waals surface area contributed by atoms with E-state index in [0.717, 1.165) is 19.5 Å². The standard InChI is InChI=1S/C16H34N2O/c1-4-7-8-9-10-11-12-13-14-16(19)17-15-18(5-2)6-3/h4-15H2,1-3H3,(H,17,19). The minimum atomic E-state index is 0.206. The van der Waals surface area contributed by atoms with Crippen LogP contribution in [0.1, 0.15) is 78.6 Å². The first kappa shape index (κ1) is 18.4. The van der Waals surface area contributed by atoms with Crippen molar-refractivity contribution < 1.29 is 4.79 Å². The largest absolute Gasteiger partial charge is 0.343 e. The Labute approximate surface area is 120 Å². The number of hydrogen-bond acceptors (Lipinski definition) is 2. The first-order valence-corrected chi connectivity index (χ1v) is 8.23. The molecule has 0 atom stereocenters. The van der Waals surface area contributed by atoms with Crippen molar-refractivity contribution in [3.63, 3.8) is 0 Å². The summed E-state index contributed by atoms with van der Waals surface area (Å²) in [6.07, 6.45) is 11.0. The second kappa shape index (κ2) is 13.9. The molecule has 0 aromatic heterocycles. The number of nitrogens with zero attached hydrogens (tertiary/aromatic N) is 1. The summed E-state index contributed by atoms with van der Waals surface area (Å²) in [4.78, 5) is 13.8. The number of hydrogen-bond donors (Lipinski definition) is 1. The van der Waals surface area contributed by atoms with Crippen LogP contribution in [0.3, 0.4) is 0 Å². The highest BCUT2D eigenvalue weighted by molar-refractivity contribution is 5.75. The number of amides is 1. The predicted molar refractivity (Wildman–Crippen MR) is 83.2 cm³/mol. The van der Waals surface area contributed by atoms with Crippen molar-refractivity contribution >= 4 is 5.91 Å². The molecule has 1 amide bonds. The van der Waals surface area contributed by atoms with Crippen molar-refractivity contribution in [3.8, 4) is 0 Å². The van der Waals surface area contributed by atoms with Crippen LogP contribution in [0.2, 0.25) is 0 Å². The van der Waals surface area contributed by atoms with E-state index >= 15 is 0 Å². The van der Waals surface area contributed by atoms with Crippen LogP contribution in [0.5, 0.6) is 0 Å². The fourth-order valence-corrected chi connectivity index (χ4v) is 2.16. The Morgan fingerprint density at radius 2 is 1.37 bits per heavy atom. The average Bonchev–Trinajstić information content (AvgIpc) is 2.43. The maximum atomic E-state index is 11.6. The summed E-state index contributed by atoms with van der Waals surface area (Å²) in [5, 5.41) is 2.99. The van der Waals surface area contributed by atoms with Crippen LogP contribution >= 0.6 is 0 Å². The predicted octanol–water partition coefficient (Wildman–Crippen LogP) is 3.93. The number of carbonyl (C=O) groups excluding carboxylic acids is 1. The Bertz CT molecular complexity index is 203. The third-order valence-electron chi connectivity index (χ3n) is 3.65. The van der Waals surface area contributed by atoms with Gasteiger partial charge in [-0.05, 0) is 19.5 Å². The lowest BCUT2D eigenvalue weighted by molar-refractivity contribution is -0.121. The minimum Gasteiger partial charge on any atom is -0.343 e. The van der Waals surface area contributed by atoms with Crippen LogP contribution in [-0.4, -0.2) is 30.6 Å². The topological polar surface area (TPSA) is 32.3 Å². The molecule has 3 heteroatoms. The number of unbranched alkanes of at least 4 members (excludes halogenated alkanes) is 7. The number of rotatable bonds is 13. The monoisotopic (exact) mass is 270 g/mol. The molecule has 0 saturated heterocycles. The van der Waals surface area contributed by atoms with Crippen LogP contribution in [0.15, 0.2) is 0 Å². The fraction of sp³-hybridized carbons (Fsp3) is 0.938. The Morgan fingerprint density at radius 3 is 1.89 bits per heavy atom. The summed E-state index contributed by atoms with van der Waals surface area (Å²) in [5.41, 5.74) is 0. The SMILES string of the molecule is CCCCCCCCCCC(=O)NCN(CC)CC. The molecule has 0 fully saturated rings. The van der Waals surface area contributed by atoms with E-state index in [1.807, 2.05) is 0 Å². The van der Waals surface area contributed by atoms with Crippen molar-refractivity contribution in [1.29, 1.82) is 0 Å². The third-order valence-corrected chi connectivity index (χ3v) is 3.65. The Balaban J connectivity index is 3.29. The molecular formula is C16H34N2O. The van der Waals surface area contributed by atoms with Gasteiger partial charge >= 0.3 is 0 Å². The molecule has 0 aliphatic rings. The van der Waals surface area contributed by atoms with Gasteiger partial charge in [0, 0.05) is 6.42 Å². The van der Waals surface area contributed by atoms with Gasteiger partial charge in [0.25, 0.3) is 0 Å². The zero-order chi connectivity index (χ0) is 14.3. The van der Waals surface area contributed by atoms with Gasteiger partial charge in [-0.3, -0.25) is 9.69 Å². The molecule has 1 N–H and O–H groups in total. The lowest BCUT2D eigenvalue weighted by Crippen LogP contribution is -2.37. The molecule has 0 unspecified atom stereocenters. The van der Waals surface area contributed by atoms with Crippen molar-refractivity contribution in [2.75, 3.05) is 19.8 Å². The fourth-order valence-electron chi connectivity index (χ4n) is 2.16. The van der Waals surface area contributed by atoms with E-state index in [9.17, 15) is 4.79 Å². The van der Waals surface area contributed by atoms with Crippen molar-refractivity contribution in [2.24, 2.45) is 0 Å². The van der Waals surface area contributed by atoms with E-state index in [0.29, 0.717) is 13.1 Å². The Hall–Kier alpha value is -0.570. The molecule has 0 aliphatic carbocycles. The molecular weight excluding hydrogens is 236 g/mol. The van der Waals surface area contributed by atoms with Gasteiger partial charge in [0.05, 0.1) is 6.67 Å². The zero-order valence-electron chi connectivity index (χ0n) is 13.3. The van der Waals surface area contributed by atoms with E-state index in [-0.39, 0.29) is 5.91 Å². The average molecular weight is 270 g/mol. The van der Waals surface area contributed by atoms with Gasteiger partial charge < -0.3 is 5.32 Å². The number of carbonyl (C=O) groups is 1. The lowest BCUT2D eigenvalue weighted by atomic mass is 10.1. The molecule has 19 heavy (non-hydrogen) atoms. The molecule has 0 bridgehead atoms. The first-order valence-electron chi connectivity index (χ1n) is 8.23. The van der Waals surface area contributed by atoms with Crippen molar-refractivity contribution in [1.82, 2.24) is 10.2 Å². The zero-order valence-corrected chi connectivity index (χ0v) is 13.3. The van der Waals surface area contributed by atoms with E-state index in [1.54, 1.807) is 0 Å². The second-order valence-corrected chi connectivity index (χ2v) is 5.29. The summed E-state index contributed by atoms with van der Waals surface area (Å²) in [7, 11) is 0. The quantitative estimate of drug-likeness (QED) is 0.406. The molecule has 0 radical (unpaired) electrons. The van der Waals surface area contributed by atoms with E-state index in [4.69, 9.17) is 0 Å². The highest BCUT2D eigenvalue weighted by Gasteiger charge is 2.03. The number of nitrogens with one attached hydrogen (secondary N) is 1. The highest BCUT2D eigenvalue weighted by Crippen LogP contribution is 2.09. The minimum absolute atomic E-state index is 0.206. The van der Waals surface area contributed by atoms with E-state index in [2.05, 4.69) is 31.0 Å². The third kappa shape index (κ3) is 12.2. The second-order valence-electron chi connectivity index (χ2n) is 5.29. The Kier molecular flexibility index (Phi) is 13.4. The van der Waals surface area contributed by atoms with Crippen molar-refractivity contribution in [3.05, 3.63) is 0 Å². The first-order chi connectivity index (χ1) is 9.24. The molecule has 0 aromatic carbocycles. The van der Waals surface area contributed by atoms with Gasteiger partial charge in [-0.25, -0.2) is 0 Å². The summed E-state index contributed by atoms with van der Waals surface area (Å²) in [5.74, 6) is 0.206. The van der Waals surface area contributed by atoms with E-state index in [1.165, 1.54) is 44.9 Å². The molecule has 0 spiro atoms. The van der Waals surface area contributed by atoms with Gasteiger partial charge in [-0.2, -0.15) is 0 Å². The molecule has 114 valence electrons. The molecule has 0 saturated carbocycles. The van der Waals surface area contributed by atoms with Crippen LogP contribution in [0.25, 0.3) is 0 Å². The summed E-state index contributed by atoms with van der Waals surface area (Å²) in [6, 6.07) is 0. The smallest absolute Gasteiger partial charge is 0.220 e. The highest BCUT2D eigenvalue weighted by atomic mass is 16.1. The Morgan fingerprint density at radius 1 is 0.842 bits per heavy atom. The van der Waals surface area contributed by atoms with Crippen LogP contribution in [0, 0.1) is 0 Å². The van der Waals surface area contributed by atoms with Gasteiger partial charge in [0.15, 0.2) is 0 Å². The maximum absolute atomic E-state index is 11.6. The van der Waals surface area contributed by atoms with Gasteiger partial charge in [0.2, 0.25) is 5.91 Å². The molecule has 0 heterocycles. The van der Waals surface area contributed by atoms with Crippen LogP contribution < -0.4 is 5.32 Å². The normalized spacial score (nSPS) is 10.9. The molecule has 3 nitrogen and oxygen atoms in total. The molecule has 0 rings (SSSR count). The van der Waals surface area contributed by atoms with Gasteiger partial charge in [0.1, 0.15) is 0 Å². The van der Waals surface area contributed by atoms with Crippen molar-refractivity contribution in [2.45, 2.75) is 78.6 Å². The lowest BCUT2D eigenvalue weighted by Gasteiger charge is -2.18. The van der Waals surface area contributed by atoms with E-state index < -0.39 is 0 Å². The summed E-state index contributed by atoms with van der Waals surface area (Å²) in [6.45, 7) is 9.17. The van der Waals surface area contributed by atoms with Crippen LogP contribution in [0.4, 0.5) is 0 Å². The van der Waals surface area contributed by atoms with Crippen LogP contribution in [-0.2, 0) is 4.79 Å². The van der Waals surface area contributed by atoms with Gasteiger partial charge in [-0.1, -0.05) is 65.7 Å².